The second kappa shape index (κ2) is 16.6. The summed E-state index contributed by atoms with van der Waals surface area (Å²) in [6.07, 6.45) is 7.84. The van der Waals surface area contributed by atoms with Crippen molar-refractivity contribution in [3.63, 3.8) is 0 Å². The summed E-state index contributed by atoms with van der Waals surface area (Å²) in [6.45, 7) is 23.6. The van der Waals surface area contributed by atoms with Crippen molar-refractivity contribution in [3.8, 4) is 11.3 Å². The van der Waals surface area contributed by atoms with Gasteiger partial charge in [0.15, 0.2) is 5.78 Å². The van der Waals surface area contributed by atoms with Crippen molar-refractivity contribution in [3.05, 3.63) is 89.1 Å². The van der Waals surface area contributed by atoms with Gasteiger partial charge in [-0.15, -0.1) is 51.8 Å². The fourth-order valence-corrected chi connectivity index (χ4v) is 9.22. The van der Waals surface area contributed by atoms with E-state index in [0.717, 1.165) is 48.7 Å². The predicted molar refractivity (Wildman–Crippen MR) is 225 cm³/mol. The quantitative estimate of drug-likeness (QED) is 0.0846. The van der Waals surface area contributed by atoms with Crippen molar-refractivity contribution in [2.24, 2.45) is 16.7 Å². The number of pyridine rings is 1. The van der Waals surface area contributed by atoms with Crippen LogP contribution in [0.1, 0.15) is 113 Å². The van der Waals surface area contributed by atoms with E-state index in [2.05, 4.69) is 94.6 Å². The summed E-state index contributed by atoms with van der Waals surface area (Å²) in [5, 5.41) is 19.0. The minimum Gasteiger partial charge on any atom is -0.512 e. The second-order valence-corrected chi connectivity index (χ2v) is 18.1. The summed E-state index contributed by atoms with van der Waals surface area (Å²) in [7, 11) is 0. The molecule has 6 heteroatoms. The molecular weight excluding hydrogens is 855 g/mol. The molecule has 279 valence electrons. The topological polar surface area (TPSA) is 50.2 Å². The van der Waals surface area contributed by atoms with Gasteiger partial charge in [-0.2, -0.15) is 0 Å². The SMILES string of the molecule is CC(C)Cc1csc2ccc3c4ccnc(-c5[c-]c6ccccc6c(C(C)(C)C)c5)c4sc3c12.CCC(C)(CC)C(=O)/C=C(\O)C(C)(CC)CC.[Ir]. The molecule has 0 aliphatic heterocycles. The van der Waals surface area contributed by atoms with Crippen LogP contribution in [0.15, 0.2) is 71.9 Å². The standard InChI is InChI=1S/C31H28NS2.C15H28O2.Ir/c1-18(2)14-21-17-33-26-11-10-23-24-12-13-32-28(30(24)34-29(23)27(21)26)20-15-19-8-6-7-9-22(19)25(16-20)31(3,4)5;1-7-14(5,8-2)12(16)11-13(17)15(6,9-3)10-4;/h6-13,16-18H,14H2,1-5H3;11,16H,7-10H2,1-6H3;/q-1;;/b;12-11-;. The maximum absolute atomic E-state index is 12.2. The number of hydrogen-bond donors (Lipinski definition) is 1. The third-order valence-electron chi connectivity index (χ3n) is 11.2. The Morgan fingerprint density at radius 3 is 2.12 bits per heavy atom. The predicted octanol–water partition coefficient (Wildman–Crippen LogP) is 14.4. The van der Waals surface area contributed by atoms with Gasteiger partial charge in [0, 0.05) is 73.8 Å². The first-order valence-corrected chi connectivity index (χ1v) is 20.4. The van der Waals surface area contributed by atoms with E-state index in [1.54, 1.807) is 0 Å². The number of rotatable bonds is 10. The summed E-state index contributed by atoms with van der Waals surface area (Å²) in [4.78, 5) is 17.1. The number of aliphatic hydroxyl groups is 1. The number of hydrogen-bond acceptors (Lipinski definition) is 5. The molecule has 0 saturated heterocycles. The van der Waals surface area contributed by atoms with Crippen molar-refractivity contribution < 1.29 is 30.0 Å². The number of carbonyl (C=O) groups is 1. The molecule has 0 atom stereocenters. The fraction of sp³-hybridized carbons (Fsp3) is 0.435. The van der Waals surface area contributed by atoms with Gasteiger partial charge in [0.05, 0.1) is 0 Å². The Hall–Kier alpha value is -2.89. The average Bonchev–Trinajstić information content (AvgIpc) is 3.70. The number of thiophene rings is 2. The molecule has 0 unspecified atom stereocenters. The number of nitrogens with zero attached hydrogens (tertiary/aromatic N) is 1. The number of allylic oxidation sites excluding steroid dienone is 2. The van der Waals surface area contributed by atoms with Crippen LogP contribution in [0.2, 0.25) is 0 Å². The zero-order chi connectivity index (χ0) is 37.3. The minimum absolute atomic E-state index is 0. The van der Waals surface area contributed by atoms with Crippen molar-refractivity contribution in [2.75, 3.05) is 0 Å². The Labute approximate surface area is 333 Å². The molecule has 0 bridgehead atoms. The summed E-state index contributed by atoms with van der Waals surface area (Å²) in [5.74, 6) is 0.927. The summed E-state index contributed by atoms with van der Waals surface area (Å²) < 4.78 is 4.05. The van der Waals surface area contributed by atoms with Gasteiger partial charge in [-0.05, 0) is 71.9 Å². The molecule has 0 spiro atoms. The van der Waals surface area contributed by atoms with E-state index in [1.807, 2.05) is 70.4 Å². The third kappa shape index (κ3) is 8.26. The number of carbonyl (C=O) groups excluding carboxylic acids is 1. The molecule has 52 heavy (non-hydrogen) atoms. The minimum atomic E-state index is -0.337. The second-order valence-electron chi connectivity index (χ2n) is 16.1. The molecule has 0 amide bonds. The fourth-order valence-electron chi connectivity index (χ4n) is 6.79. The monoisotopic (exact) mass is 911 g/mol. The van der Waals surface area contributed by atoms with Crippen LogP contribution < -0.4 is 0 Å². The van der Waals surface area contributed by atoms with Crippen LogP contribution in [0, 0.1) is 22.8 Å². The zero-order valence-corrected chi connectivity index (χ0v) is 36.9. The van der Waals surface area contributed by atoms with Crippen molar-refractivity contribution in [1.82, 2.24) is 4.98 Å². The molecule has 3 heterocycles. The molecule has 3 aromatic heterocycles. The Morgan fingerprint density at radius 1 is 0.865 bits per heavy atom. The van der Waals surface area contributed by atoms with Gasteiger partial charge in [-0.1, -0.05) is 111 Å². The van der Waals surface area contributed by atoms with Gasteiger partial charge >= 0.3 is 0 Å². The molecule has 3 aromatic carbocycles. The molecule has 0 fully saturated rings. The largest absolute Gasteiger partial charge is 0.512 e. The smallest absolute Gasteiger partial charge is 0.164 e. The molecule has 0 aliphatic carbocycles. The Morgan fingerprint density at radius 2 is 1.50 bits per heavy atom. The van der Waals surface area contributed by atoms with E-state index in [0.29, 0.717) is 5.92 Å². The third-order valence-corrected chi connectivity index (χ3v) is 13.5. The van der Waals surface area contributed by atoms with Crippen LogP contribution in [0.25, 0.3) is 52.3 Å². The molecule has 1 N–H and O–H groups in total. The number of fused-ring (bicyclic) bond motifs is 6. The van der Waals surface area contributed by atoms with Gasteiger partial charge < -0.3 is 5.11 Å². The van der Waals surface area contributed by atoms with E-state index < -0.39 is 0 Å². The first-order chi connectivity index (χ1) is 24.1. The van der Waals surface area contributed by atoms with Gasteiger partial charge in [0.2, 0.25) is 0 Å². The van der Waals surface area contributed by atoms with Gasteiger partial charge in [0.25, 0.3) is 0 Å². The van der Waals surface area contributed by atoms with Crippen molar-refractivity contribution in [2.45, 2.75) is 114 Å². The number of aromatic nitrogens is 1. The van der Waals surface area contributed by atoms with Crippen LogP contribution in [0.5, 0.6) is 0 Å². The first kappa shape index (κ1) is 41.9. The van der Waals surface area contributed by atoms with Gasteiger partial charge in [-0.3, -0.25) is 9.78 Å². The first-order valence-electron chi connectivity index (χ1n) is 18.7. The molecule has 3 nitrogen and oxygen atoms in total. The molecule has 6 rings (SSSR count). The maximum atomic E-state index is 12.2. The van der Waals surface area contributed by atoms with E-state index in [1.165, 1.54) is 52.8 Å². The maximum Gasteiger partial charge on any atom is 0.164 e. The molecule has 1 radical (unpaired) electrons. The van der Waals surface area contributed by atoms with Crippen molar-refractivity contribution >= 4 is 69.5 Å². The number of ketones is 1. The van der Waals surface area contributed by atoms with Gasteiger partial charge in [-0.25, -0.2) is 0 Å². The molecule has 6 aromatic rings. The van der Waals surface area contributed by atoms with Crippen LogP contribution in [-0.2, 0) is 36.7 Å². The number of aliphatic hydroxyl groups excluding tert-OH is 1. The van der Waals surface area contributed by atoms with E-state index in [4.69, 9.17) is 4.98 Å². The Kier molecular flexibility index (Phi) is 13.4. The van der Waals surface area contributed by atoms with Crippen molar-refractivity contribution in [1.29, 1.82) is 0 Å². The van der Waals surface area contributed by atoms with Gasteiger partial charge in [0.1, 0.15) is 5.76 Å². The van der Waals surface area contributed by atoms with Crippen LogP contribution in [0.4, 0.5) is 0 Å². The summed E-state index contributed by atoms with van der Waals surface area (Å²) in [6, 6.07) is 21.4. The molecular formula is C46H56IrNO2S2-. The molecule has 0 saturated carbocycles. The Balaban J connectivity index is 0.000000289. The molecule has 0 aliphatic rings. The summed E-state index contributed by atoms with van der Waals surface area (Å²) in [5.41, 5.74) is 4.39. The van der Waals surface area contributed by atoms with E-state index >= 15 is 0 Å². The van der Waals surface area contributed by atoms with Crippen LogP contribution >= 0.6 is 22.7 Å². The Bertz CT molecular complexity index is 2210. The van der Waals surface area contributed by atoms with Crippen LogP contribution in [-0.4, -0.2) is 15.9 Å². The van der Waals surface area contributed by atoms with E-state index in [9.17, 15) is 9.90 Å². The number of benzene rings is 3. The average molecular weight is 911 g/mol. The summed E-state index contributed by atoms with van der Waals surface area (Å²) >= 11 is 3.77. The zero-order valence-electron chi connectivity index (χ0n) is 32.9. The van der Waals surface area contributed by atoms with Crippen LogP contribution in [0.3, 0.4) is 0 Å². The normalized spacial score (nSPS) is 12.8. The van der Waals surface area contributed by atoms with E-state index in [-0.39, 0.29) is 47.9 Å².